The summed E-state index contributed by atoms with van der Waals surface area (Å²) in [6, 6.07) is 5.65. The van der Waals surface area contributed by atoms with Gasteiger partial charge >= 0.3 is 6.09 Å². The number of amidine groups is 1. The van der Waals surface area contributed by atoms with Crippen LogP contribution in [0.25, 0.3) is 0 Å². The predicted octanol–water partition coefficient (Wildman–Crippen LogP) is 2.11. The number of carbonyl (C=O) groups is 1. The van der Waals surface area contributed by atoms with Gasteiger partial charge in [-0.15, -0.1) is 0 Å². The minimum atomic E-state index is -0.725. The summed E-state index contributed by atoms with van der Waals surface area (Å²) < 4.78 is 9.63. The molecular weight excluding hydrogens is 360 g/mol. The van der Waals surface area contributed by atoms with E-state index in [0.29, 0.717) is 13.0 Å². The Hall–Kier alpha value is -2.16. The molecule has 1 aromatic rings. The molecule has 0 heterocycles. The third-order valence-corrected chi connectivity index (χ3v) is 4.21. The molecular formula is C20H34N4O4. The first kappa shape index (κ1) is 23.9. The van der Waals surface area contributed by atoms with Crippen molar-refractivity contribution in [1.29, 1.82) is 0 Å². The van der Waals surface area contributed by atoms with E-state index in [1.807, 2.05) is 37.1 Å². The lowest BCUT2D eigenvalue weighted by atomic mass is 10.1. The normalized spacial score (nSPS) is 18.8. The lowest BCUT2D eigenvalue weighted by Gasteiger charge is -2.18. The number of hydrogen-bond acceptors (Lipinski definition) is 6. The van der Waals surface area contributed by atoms with Gasteiger partial charge in [0.05, 0.1) is 24.4 Å². The zero-order chi connectivity index (χ0) is 21.5. The van der Waals surface area contributed by atoms with Gasteiger partial charge < -0.3 is 30.9 Å². The molecule has 0 unspecified atom stereocenters. The summed E-state index contributed by atoms with van der Waals surface area (Å²) in [4.78, 5) is 16.7. The van der Waals surface area contributed by atoms with Gasteiger partial charge in [0.25, 0.3) is 0 Å². The number of methoxy groups -OCH3 is 1. The molecule has 1 aliphatic carbocycles. The molecule has 0 fully saturated rings. The van der Waals surface area contributed by atoms with Gasteiger partial charge in [-0.2, -0.15) is 0 Å². The van der Waals surface area contributed by atoms with Gasteiger partial charge in [-0.1, -0.05) is 6.07 Å². The SMILES string of the molecule is CC(C)(C)OC(N)=O.COCCN(C)C(C)=Nc1ccc2c(c1)[C@@H](N)[C@H](O)C2. The lowest BCUT2D eigenvalue weighted by molar-refractivity contribution is 0.0600. The fraction of sp³-hybridized carbons (Fsp3) is 0.600. The summed E-state index contributed by atoms with van der Waals surface area (Å²) in [7, 11) is 3.67. The van der Waals surface area contributed by atoms with Crippen molar-refractivity contribution in [1.82, 2.24) is 4.90 Å². The monoisotopic (exact) mass is 394 g/mol. The Morgan fingerprint density at radius 2 is 2.04 bits per heavy atom. The van der Waals surface area contributed by atoms with E-state index < -0.39 is 17.8 Å². The van der Waals surface area contributed by atoms with Crippen LogP contribution in [-0.2, 0) is 15.9 Å². The third kappa shape index (κ3) is 7.84. The number of nitrogens with two attached hydrogens (primary N) is 2. The van der Waals surface area contributed by atoms with Crippen LogP contribution in [0.3, 0.4) is 0 Å². The van der Waals surface area contributed by atoms with E-state index >= 15 is 0 Å². The molecule has 0 spiro atoms. The Morgan fingerprint density at radius 3 is 2.54 bits per heavy atom. The van der Waals surface area contributed by atoms with Crippen molar-refractivity contribution in [2.45, 2.75) is 51.9 Å². The molecule has 0 bridgehead atoms. The van der Waals surface area contributed by atoms with Crippen molar-refractivity contribution in [3.63, 3.8) is 0 Å². The molecule has 0 aromatic heterocycles. The Balaban J connectivity index is 0.000000416. The predicted molar refractivity (Wildman–Crippen MR) is 111 cm³/mol. The Morgan fingerprint density at radius 1 is 1.39 bits per heavy atom. The van der Waals surface area contributed by atoms with E-state index in [1.54, 1.807) is 27.9 Å². The number of carbonyl (C=O) groups excluding carboxylic acids is 1. The first-order valence-electron chi connectivity index (χ1n) is 9.25. The molecule has 0 aliphatic heterocycles. The van der Waals surface area contributed by atoms with Gasteiger partial charge in [0, 0.05) is 27.1 Å². The van der Waals surface area contributed by atoms with Gasteiger partial charge in [0.1, 0.15) is 11.4 Å². The molecule has 5 N–H and O–H groups in total. The van der Waals surface area contributed by atoms with Crippen molar-refractivity contribution in [3.8, 4) is 0 Å². The van der Waals surface area contributed by atoms with Gasteiger partial charge in [0.2, 0.25) is 0 Å². The number of aliphatic hydroxyl groups excluding tert-OH is 1. The number of fused-ring (bicyclic) bond motifs is 1. The van der Waals surface area contributed by atoms with Crippen molar-refractivity contribution >= 4 is 17.6 Å². The van der Waals surface area contributed by atoms with E-state index in [-0.39, 0.29) is 6.04 Å². The second-order valence-electron chi connectivity index (χ2n) is 7.79. The Bertz CT molecular complexity index is 685. The zero-order valence-corrected chi connectivity index (χ0v) is 17.7. The van der Waals surface area contributed by atoms with Crippen LogP contribution in [0.15, 0.2) is 23.2 Å². The largest absolute Gasteiger partial charge is 0.444 e. The van der Waals surface area contributed by atoms with E-state index in [0.717, 1.165) is 29.2 Å². The van der Waals surface area contributed by atoms with E-state index in [2.05, 4.69) is 9.73 Å². The maximum Gasteiger partial charge on any atom is 0.405 e. The van der Waals surface area contributed by atoms with Crippen LogP contribution in [-0.4, -0.2) is 60.9 Å². The van der Waals surface area contributed by atoms with E-state index in [9.17, 15) is 9.90 Å². The van der Waals surface area contributed by atoms with Crippen LogP contribution in [0.1, 0.15) is 44.9 Å². The van der Waals surface area contributed by atoms with Crippen LogP contribution in [0.4, 0.5) is 10.5 Å². The Labute approximate surface area is 167 Å². The molecule has 158 valence electrons. The summed E-state index contributed by atoms with van der Waals surface area (Å²) in [6.07, 6.45) is -0.570. The summed E-state index contributed by atoms with van der Waals surface area (Å²) in [5.74, 6) is 0.925. The maximum atomic E-state index is 10.0. The highest BCUT2D eigenvalue weighted by atomic mass is 16.6. The molecule has 8 heteroatoms. The number of rotatable bonds is 4. The number of primary amides is 1. The highest BCUT2D eigenvalue weighted by molar-refractivity contribution is 5.82. The molecule has 0 saturated heterocycles. The minimum Gasteiger partial charge on any atom is -0.444 e. The van der Waals surface area contributed by atoms with Crippen molar-refractivity contribution in [3.05, 3.63) is 29.3 Å². The number of nitrogens with zero attached hydrogens (tertiary/aromatic N) is 2. The molecule has 2 atom stereocenters. The second-order valence-corrected chi connectivity index (χ2v) is 7.79. The number of ether oxygens (including phenoxy) is 2. The fourth-order valence-corrected chi connectivity index (χ4v) is 2.67. The standard InChI is InChI=1S/C15H23N3O2.C5H11NO2/c1-10(18(2)6-7-20-3)17-12-5-4-11-8-14(19)15(16)13(11)9-12;1-5(2,3)8-4(6)7/h4-5,9,14-15,19H,6-8,16H2,1-3H3;1-3H3,(H2,6,7)/t14-,15-;/m1./s1. The zero-order valence-electron chi connectivity index (χ0n) is 17.7. The van der Waals surface area contributed by atoms with Gasteiger partial charge in [-0.3, -0.25) is 0 Å². The van der Waals surface area contributed by atoms with Crippen molar-refractivity contribution < 1.29 is 19.4 Å². The number of hydrogen-bond donors (Lipinski definition) is 3. The van der Waals surface area contributed by atoms with Crippen LogP contribution in [0.5, 0.6) is 0 Å². The minimum absolute atomic E-state index is 0.299. The topological polar surface area (TPSA) is 123 Å². The summed E-state index contributed by atoms with van der Waals surface area (Å²) in [5.41, 5.74) is 13.3. The molecule has 1 aliphatic rings. The van der Waals surface area contributed by atoms with E-state index in [1.165, 1.54) is 0 Å². The molecule has 0 saturated carbocycles. The summed E-state index contributed by atoms with van der Waals surface area (Å²) in [5, 5.41) is 9.79. The van der Waals surface area contributed by atoms with Crippen LogP contribution in [0.2, 0.25) is 0 Å². The first-order chi connectivity index (χ1) is 12.9. The average Bonchev–Trinajstić information content (AvgIpc) is 2.85. The quantitative estimate of drug-likeness (QED) is 0.531. The second kappa shape index (κ2) is 10.4. The molecule has 28 heavy (non-hydrogen) atoms. The average molecular weight is 395 g/mol. The highest BCUT2D eigenvalue weighted by Crippen LogP contribution is 2.32. The fourth-order valence-electron chi connectivity index (χ4n) is 2.67. The van der Waals surface area contributed by atoms with Crippen LogP contribution >= 0.6 is 0 Å². The molecule has 1 aromatic carbocycles. The highest BCUT2D eigenvalue weighted by Gasteiger charge is 2.27. The van der Waals surface area contributed by atoms with Gasteiger partial charge in [-0.05, 0) is 51.0 Å². The Kier molecular flexibility index (Phi) is 8.87. The van der Waals surface area contributed by atoms with Gasteiger partial charge in [-0.25, -0.2) is 9.79 Å². The van der Waals surface area contributed by atoms with Crippen LogP contribution in [0, 0.1) is 0 Å². The number of likely N-dealkylation sites (N-methyl/N-ethyl adjacent to an activating group) is 1. The smallest absolute Gasteiger partial charge is 0.405 e. The van der Waals surface area contributed by atoms with Crippen molar-refractivity contribution in [2.24, 2.45) is 16.5 Å². The molecule has 2 rings (SSSR count). The first-order valence-corrected chi connectivity index (χ1v) is 9.25. The molecule has 8 nitrogen and oxygen atoms in total. The van der Waals surface area contributed by atoms with Gasteiger partial charge in [0.15, 0.2) is 0 Å². The number of amides is 1. The van der Waals surface area contributed by atoms with Crippen LogP contribution < -0.4 is 11.5 Å². The molecule has 1 amide bonds. The summed E-state index contributed by atoms with van der Waals surface area (Å²) >= 11 is 0. The lowest BCUT2D eigenvalue weighted by Crippen LogP contribution is -2.27. The van der Waals surface area contributed by atoms with E-state index in [4.69, 9.17) is 16.2 Å². The number of aliphatic imine (C=N–C) groups is 1. The third-order valence-electron chi connectivity index (χ3n) is 4.21. The number of benzene rings is 1. The summed E-state index contributed by atoms with van der Waals surface area (Å²) in [6.45, 7) is 8.73. The van der Waals surface area contributed by atoms with Crippen molar-refractivity contribution in [2.75, 3.05) is 27.3 Å². The maximum absolute atomic E-state index is 10.0. The molecule has 0 radical (unpaired) electrons. The number of aliphatic hydroxyl groups is 1.